The summed E-state index contributed by atoms with van der Waals surface area (Å²) in [5.41, 5.74) is 5.48. The van der Waals surface area contributed by atoms with Crippen LogP contribution in [0.4, 0.5) is 10.1 Å². The number of carbonyl (C=O) groups excluding carboxylic acids is 1. The van der Waals surface area contributed by atoms with Crippen LogP contribution < -0.4 is 11.1 Å². The summed E-state index contributed by atoms with van der Waals surface area (Å²) in [5, 5.41) is 2.49. The van der Waals surface area contributed by atoms with E-state index in [1.54, 1.807) is 0 Å². The largest absolute Gasteiger partial charge is 0.379 e. The van der Waals surface area contributed by atoms with Gasteiger partial charge in [0.05, 0.1) is 13.2 Å². The number of sulfonamides is 1. The molecule has 1 amide bonds. The summed E-state index contributed by atoms with van der Waals surface area (Å²) in [6.45, 7) is 1.06. The zero-order chi connectivity index (χ0) is 16.2. The zero-order valence-corrected chi connectivity index (χ0v) is 12.7. The van der Waals surface area contributed by atoms with Gasteiger partial charge in [-0.2, -0.15) is 4.31 Å². The molecule has 0 aromatic heterocycles. The molecule has 0 aliphatic carbocycles. The van der Waals surface area contributed by atoms with Gasteiger partial charge in [0.2, 0.25) is 15.9 Å². The van der Waals surface area contributed by atoms with Crippen LogP contribution in [0.3, 0.4) is 0 Å². The van der Waals surface area contributed by atoms with Gasteiger partial charge in [0.15, 0.2) is 0 Å². The second kappa shape index (κ2) is 7.14. The van der Waals surface area contributed by atoms with Gasteiger partial charge < -0.3 is 15.8 Å². The van der Waals surface area contributed by atoms with E-state index in [4.69, 9.17) is 10.5 Å². The maximum atomic E-state index is 13.9. The van der Waals surface area contributed by atoms with Gasteiger partial charge in [0.25, 0.3) is 0 Å². The Morgan fingerprint density at radius 2 is 2.05 bits per heavy atom. The molecule has 1 aliphatic rings. The normalized spacial score (nSPS) is 16.5. The van der Waals surface area contributed by atoms with Crippen LogP contribution in [-0.4, -0.2) is 51.5 Å². The number of ether oxygens (including phenoxy) is 1. The predicted molar refractivity (Wildman–Crippen MR) is 78.3 cm³/mol. The van der Waals surface area contributed by atoms with E-state index in [0.29, 0.717) is 0 Å². The zero-order valence-electron chi connectivity index (χ0n) is 11.9. The van der Waals surface area contributed by atoms with Crippen LogP contribution in [0, 0.1) is 5.82 Å². The molecule has 1 aromatic carbocycles. The van der Waals surface area contributed by atoms with Gasteiger partial charge in [0.1, 0.15) is 10.7 Å². The minimum absolute atomic E-state index is 0.100. The number of rotatable bonds is 5. The first-order valence-corrected chi connectivity index (χ1v) is 8.26. The molecule has 7 nitrogen and oxygen atoms in total. The highest BCUT2D eigenvalue weighted by atomic mass is 32.2. The van der Waals surface area contributed by atoms with Crippen LogP contribution in [0.5, 0.6) is 0 Å². The summed E-state index contributed by atoms with van der Waals surface area (Å²) in [4.78, 5) is 11.0. The summed E-state index contributed by atoms with van der Waals surface area (Å²) in [6, 6.07) is 3.45. The fourth-order valence-corrected chi connectivity index (χ4v) is 3.56. The number of benzene rings is 1. The average Bonchev–Trinajstić information content (AvgIpc) is 2.50. The Bertz CT molecular complexity index is 645. The lowest BCUT2D eigenvalue weighted by molar-refractivity contribution is -0.116. The van der Waals surface area contributed by atoms with Crippen molar-refractivity contribution >= 4 is 21.6 Å². The lowest BCUT2D eigenvalue weighted by Gasteiger charge is -2.26. The average molecular weight is 331 g/mol. The molecular weight excluding hydrogens is 313 g/mol. The van der Waals surface area contributed by atoms with E-state index < -0.39 is 20.7 Å². The maximum Gasteiger partial charge on any atom is 0.246 e. The second-order valence-electron chi connectivity index (χ2n) is 4.75. The standard InChI is InChI=1S/C13H18FN3O4S/c14-11-2-1-10(16-13(18)3-4-15)9-12(11)22(19,20)17-5-7-21-8-6-17/h1-2,9H,3-8,15H2,(H,16,18). The Morgan fingerprint density at radius 3 is 2.68 bits per heavy atom. The summed E-state index contributed by atoms with van der Waals surface area (Å²) in [5.74, 6) is -1.22. The van der Waals surface area contributed by atoms with Crippen molar-refractivity contribution < 1.29 is 22.3 Å². The third-order valence-corrected chi connectivity index (χ3v) is 5.09. The van der Waals surface area contributed by atoms with Crippen molar-refractivity contribution in [1.29, 1.82) is 0 Å². The van der Waals surface area contributed by atoms with E-state index in [1.165, 1.54) is 10.4 Å². The lowest BCUT2D eigenvalue weighted by Crippen LogP contribution is -2.40. The van der Waals surface area contributed by atoms with Crippen LogP contribution in [0.1, 0.15) is 6.42 Å². The highest BCUT2D eigenvalue weighted by Gasteiger charge is 2.29. The maximum absolute atomic E-state index is 13.9. The van der Waals surface area contributed by atoms with E-state index in [9.17, 15) is 17.6 Å². The molecule has 0 spiro atoms. The van der Waals surface area contributed by atoms with Crippen LogP contribution >= 0.6 is 0 Å². The topological polar surface area (TPSA) is 102 Å². The molecule has 1 heterocycles. The SMILES string of the molecule is NCCC(=O)Nc1ccc(F)c(S(=O)(=O)N2CCOCC2)c1. The minimum Gasteiger partial charge on any atom is -0.379 e. The first kappa shape index (κ1) is 16.8. The second-order valence-corrected chi connectivity index (χ2v) is 6.65. The molecule has 1 saturated heterocycles. The van der Waals surface area contributed by atoms with Gasteiger partial charge in [0, 0.05) is 31.7 Å². The molecule has 3 N–H and O–H groups in total. The number of amides is 1. The number of morpholine rings is 1. The summed E-state index contributed by atoms with van der Waals surface area (Å²) in [7, 11) is -3.96. The lowest BCUT2D eigenvalue weighted by atomic mass is 10.3. The molecule has 0 saturated carbocycles. The van der Waals surface area contributed by atoms with Crippen LogP contribution in [0.25, 0.3) is 0 Å². The first-order valence-electron chi connectivity index (χ1n) is 6.82. The molecule has 1 aliphatic heterocycles. The Hall–Kier alpha value is -1.55. The van der Waals surface area contributed by atoms with Crippen LogP contribution in [0.2, 0.25) is 0 Å². The fraction of sp³-hybridized carbons (Fsp3) is 0.462. The minimum atomic E-state index is -3.96. The van der Waals surface area contributed by atoms with E-state index in [2.05, 4.69) is 5.32 Å². The number of halogens is 1. The Morgan fingerprint density at radius 1 is 1.36 bits per heavy atom. The van der Waals surface area contributed by atoms with E-state index in [-0.39, 0.29) is 50.9 Å². The van der Waals surface area contributed by atoms with Gasteiger partial charge in [-0.1, -0.05) is 0 Å². The molecule has 0 bridgehead atoms. The van der Waals surface area contributed by atoms with Crippen LogP contribution in [-0.2, 0) is 19.6 Å². The van der Waals surface area contributed by atoms with Crippen molar-refractivity contribution in [3.8, 4) is 0 Å². The molecule has 9 heteroatoms. The highest BCUT2D eigenvalue weighted by molar-refractivity contribution is 7.89. The van der Waals surface area contributed by atoms with Crippen molar-refractivity contribution in [2.75, 3.05) is 38.2 Å². The predicted octanol–water partition coefficient (Wildman–Crippen LogP) is 0.134. The first-order chi connectivity index (χ1) is 10.4. The molecule has 122 valence electrons. The molecule has 0 radical (unpaired) electrons. The number of hydrogen-bond donors (Lipinski definition) is 2. The quantitative estimate of drug-likeness (QED) is 0.799. The van der Waals surface area contributed by atoms with Crippen molar-refractivity contribution in [1.82, 2.24) is 4.31 Å². The third kappa shape index (κ3) is 3.80. The number of anilines is 1. The van der Waals surface area contributed by atoms with Gasteiger partial charge in [-0.05, 0) is 18.2 Å². The Labute approximate surface area is 128 Å². The molecule has 1 fully saturated rings. The number of carbonyl (C=O) groups is 1. The monoisotopic (exact) mass is 331 g/mol. The number of nitrogens with one attached hydrogen (secondary N) is 1. The summed E-state index contributed by atoms with van der Waals surface area (Å²) in [6.07, 6.45) is 0.100. The van der Waals surface area contributed by atoms with Crippen molar-refractivity contribution in [2.24, 2.45) is 5.73 Å². The van der Waals surface area contributed by atoms with Crippen LogP contribution in [0.15, 0.2) is 23.1 Å². The van der Waals surface area contributed by atoms with Gasteiger partial charge in [-0.15, -0.1) is 0 Å². The van der Waals surface area contributed by atoms with E-state index in [0.717, 1.165) is 12.1 Å². The molecule has 22 heavy (non-hydrogen) atoms. The number of hydrogen-bond acceptors (Lipinski definition) is 5. The van der Waals surface area contributed by atoms with Gasteiger partial charge >= 0.3 is 0 Å². The number of nitrogens with two attached hydrogens (primary N) is 1. The fourth-order valence-electron chi connectivity index (χ4n) is 2.06. The van der Waals surface area contributed by atoms with Crippen molar-refractivity contribution in [2.45, 2.75) is 11.3 Å². The van der Waals surface area contributed by atoms with E-state index in [1.807, 2.05) is 0 Å². The van der Waals surface area contributed by atoms with Crippen molar-refractivity contribution in [3.63, 3.8) is 0 Å². The smallest absolute Gasteiger partial charge is 0.246 e. The molecule has 0 unspecified atom stereocenters. The molecule has 1 aromatic rings. The molecule has 2 rings (SSSR count). The van der Waals surface area contributed by atoms with Crippen molar-refractivity contribution in [3.05, 3.63) is 24.0 Å². The summed E-state index contributed by atoms with van der Waals surface area (Å²) >= 11 is 0. The number of nitrogens with zero attached hydrogens (tertiary/aromatic N) is 1. The van der Waals surface area contributed by atoms with E-state index >= 15 is 0 Å². The third-order valence-electron chi connectivity index (χ3n) is 3.17. The molecule has 0 atom stereocenters. The molecular formula is C13H18FN3O4S. The Kier molecular flexibility index (Phi) is 5.46. The Balaban J connectivity index is 2.27. The van der Waals surface area contributed by atoms with Gasteiger partial charge in [-0.3, -0.25) is 4.79 Å². The highest BCUT2D eigenvalue weighted by Crippen LogP contribution is 2.23. The van der Waals surface area contributed by atoms with Gasteiger partial charge in [-0.25, -0.2) is 12.8 Å². The summed E-state index contributed by atoms with van der Waals surface area (Å²) < 4.78 is 45.1.